The third-order valence-electron chi connectivity index (χ3n) is 8.87. The number of nitrogens with zero attached hydrogens (tertiary/aromatic N) is 2. The highest BCUT2D eigenvalue weighted by atomic mass is 16.3. The lowest BCUT2D eigenvalue weighted by atomic mass is 10.0. The number of para-hydroxylation sites is 1. The largest absolute Gasteiger partial charge is 0.438 e. The smallest absolute Gasteiger partial charge is 0.227 e. The highest BCUT2D eigenvalue weighted by Gasteiger charge is 2.15. The van der Waals surface area contributed by atoms with Crippen molar-refractivity contribution in [1.29, 1.82) is 0 Å². The molecule has 0 radical (unpaired) electrons. The first-order chi connectivity index (χ1) is 22.8. The van der Waals surface area contributed by atoms with E-state index in [4.69, 9.17) is 9.40 Å². The van der Waals surface area contributed by atoms with E-state index in [1.807, 2.05) is 6.07 Å². The molecule has 0 bridgehead atoms. The second kappa shape index (κ2) is 10.8. The Morgan fingerprint density at radius 3 is 1.80 bits per heavy atom. The molecule has 46 heavy (non-hydrogen) atoms. The number of anilines is 3. The second-order valence-electron chi connectivity index (χ2n) is 11.6. The summed E-state index contributed by atoms with van der Waals surface area (Å²) in [6, 6.07) is 59.9. The van der Waals surface area contributed by atoms with Crippen molar-refractivity contribution in [2.24, 2.45) is 0 Å². The Balaban J connectivity index is 1.06. The van der Waals surface area contributed by atoms with Gasteiger partial charge in [0, 0.05) is 33.4 Å². The van der Waals surface area contributed by atoms with Crippen molar-refractivity contribution in [1.82, 2.24) is 4.98 Å². The van der Waals surface area contributed by atoms with Crippen LogP contribution in [-0.2, 0) is 0 Å². The minimum absolute atomic E-state index is 0.658. The van der Waals surface area contributed by atoms with Crippen LogP contribution < -0.4 is 4.90 Å². The first kappa shape index (κ1) is 26.2. The Bertz CT molecular complexity index is 2510. The van der Waals surface area contributed by atoms with Gasteiger partial charge in [-0.25, -0.2) is 4.98 Å². The molecule has 0 unspecified atom stereocenters. The van der Waals surface area contributed by atoms with E-state index >= 15 is 0 Å². The zero-order valence-corrected chi connectivity index (χ0v) is 25.0. The Hall–Kier alpha value is -6.19. The van der Waals surface area contributed by atoms with Crippen LogP contribution in [-0.4, -0.2) is 4.98 Å². The van der Waals surface area contributed by atoms with Crippen LogP contribution in [0.3, 0.4) is 0 Å². The molecule has 0 N–H and O–H groups in total. The normalized spacial score (nSPS) is 11.5. The van der Waals surface area contributed by atoms with E-state index in [9.17, 15) is 0 Å². The number of hydrogen-bond donors (Lipinski definition) is 0. The van der Waals surface area contributed by atoms with Gasteiger partial charge in [-0.05, 0) is 93.3 Å². The molecule has 0 aliphatic rings. The predicted octanol–water partition coefficient (Wildman–Crippen LogP) is 12.1. The van der Waals surface area contributed by atoms with Gasteiger partial charge in [0.1, 0.15) is 5.58 Å². The minimum atomic E-state index is 0.658. The minimum Gasteiger partial charge on any atom is -0.438 e. The maximum absolute atomic E-state index is 6.24. The quantitative estimate of drug-likeness (QED) is 0.200. The molecule has 0 saturated carbocycles. The highest BCUT2D eigenvalue weighted by Crippen LogP contribution is 2.38. The summed E-state index contributed by atoms with van der Waals surface area (Å²) in [6.07, 6.45) is 0. The van der Waals surface area contributed by atoms with Gasteiger partial charge in [-0.3, -0.25) is 0 Å². The summed E-state index contributed by atoms with van der Waals surface area (Å²) in [4.78, 5) is 7.24. The standard InChI is InChI=1S/C43H28N2O/c1-2-11-35(12-3-1)45(36-21-16-30(17-22-36)34-15-14-29-8-4-5-10-33(29)28-34)37-23-18-32(19-24-37)40-26-25-39-42-38-13-7-6-9-31(38)20-27-41(42)46-43(39)44-40/h1-28H. The fraction of sp³-hybridized carbons (Fsp3) is 0. The molecule has 0 saturated heterocycles. The summed E-state index contributed by atoms with van der Waals surface area (Å²) >= 11 is 0. The van der Waals surface area contributed by atoms with Crippen LogP contribution in [0.15, 0.2) is 174 Å². The molecule has 216 valence electrons. The van der Waals surface area contributed by atoms with Crippen LogP contribution in [0.5, 0.6) is 0 Å². The lowest BCUT2D eigenvalue weighted by Gasteiger charge is -2.26. The SMILES string of the molecule is c1ccc(N(c2ccc(-c3ccc4ccccc4c3)cc2)c2ccc(-c3ccc4c(n3)oc3ccc5ccccc5c34)cc2)cc1. The van der Waals surface area contributed by atoms with Crippen molar-refractivity contribution in [2.45, 2.75) is 0 Å². The Morgan fingerprint density at radius 1 is 0.413 bits per heavy atom. The number of hydrogen-bond acceptors (Lipinski definition) is 3. The van der Waals surface area contributed by atoms with Crippen molar-refractivity contribution >= 4 is 60.7 Å². The van der Waals surface area contributed by atoms with Crippen LogP contribution in [0.4, 0.5) is 17.1 Å². The van der Waals surface area contributed by atoms with Gasteiger partial charge in [0.2, 0.25) is 5.71 Å². The molecule has 7 aromatic carbocycles. The predicted molar refractivity (Wildman–Crippen MR) is 192 cm³/mol. The molecule has 0 aliphatic heterocycles. The molecule has 9 rings (SSSR count). The van der Waals surface area contributed by atoms with Crippen molar-refractivity contribution < 1.29 is 4.42 Å². The summed E-state index contributed by atoms with van der Waals surface area (Å²) in [5.74, 6) is 0. The third-order valence-corrected chi connectivity index (χ3v) is 8.87. The van der Waals surface area contributed by atoms with Crippen LogP contribution >= 0.6 is 0 Å². The molecule has 0 atom stereocenters. The monoisotopic (exact) mass is 588 g/mol. The molecule has 3 nitrogen and oxygen atoms in total. The molecule has 0 aliphatic carbocycles. The summed E-state index contributed by atoms with van der Waals surface area (Å²) < 4.78 is 6.24. The van der Waals surface area contributed by atoms with Crippen LogP contribution in [0.25, 0.3) is 66.0 Å². The topological polar surface area (TPSA) is 29.3 Å². The Kier molecular flexibility index (Phi) is 6.14. The molecule has 9 aromatic rings. The first-order valence-electron chi connectivity index (χ1n) is 15.5. The first-order valence-corrected chi connectivity index (χ1v) is 15.5. The molecule has 3 heteroatoms. The zero-order chi connectivity index (χ0) is 30.5. The van der Waals surface area contributed by atoms with E-state index in [2.05, 4.69) is 169 Å². The van der Waals surface area contributed by atoms with Gasteiger partial charge < -0.3 is 9.32 Å². The average Bonchev–Trinajstić information content (AvgIpc) is 3.51. The second-order valence-corrected chi connectivity index (χ2v) is 11.6. The van der Waals surface area contributed by atoms with Crippen LogP contribution in [0.1, 0.15) is 0 Å². The highest BCUT2D eigenvalue weighted by molar-refractivity contribution is 6.18. The van der Waals surface area contributed by atoms with E-state index in [0.29, 0.717) is 5.71 Å². The van der Waals surface area contributed by atoms with Crippen LogP contribution in [0, 0.1) is 0 Å². The molecule has 2 heterocycles. The summed E-state index contributed by atoms with van der Waals surface area (Å²) in [5.41, 5.74) is 9.11. The maximum Gasteiger partial charge on any atom is 0.227 e. The van der Waals surface area contributed by atoms with Gasteiger partial charge in [0.05, 0.1) is 5.69 Å². The van der Waals surface area contributed by atoms with E-state index in [1.54, 1.807) is 0 Å². The fourth-order valence-electron chi connectivity index (χ4n) is 6.57. The van der Waals surface area contributed by atoms with E-state index in [0.717, 1.165) is 44.7 Å². The van der Waals surface area contributed by atoms with Crippen molar-refractivity contribution in [3.8, 4) is 22.4 Å². The van der Waals surface area contributed by atoms with Gasteiger partial charge in [-0.15, -0.1) is 0 Å². The van der Waals surface area contributed by atoms with E-state index < -0.39 is 0 Å². The van der Waals surface area contributed by atoms with E-state index in [1.165, 1.54) is 32.7 Å². The average molecular weight is 589 g/mol. The number of rotatable bonds is 5. The van der Waals surface area contributed by atoms with Crippen molar-refractivity contribution in [3.63, 3.8) is 0 Å². The molecule has 0 spiro atoms. The number of benzene rings is 7. The molecular weight excluding hydrogens is 560 g/mol. The number of aromatic nitrogens is 1. The third kappa shape index (κ3) is 4.49. The van der Waals surface area contributed by atoms with Crippen molar-refractivity contribution in [2.75, 3.05) is 4.90 Å². The number of furan rings is 1. The zero-order valence-electron chi connectivity index (χ0n) is 25.0. The lowest BCUT2D eigenvalue weighted by Crippen LogP contribution is -2.09. The molecular formula is C43H28N2O. The van der Waals surface area contributed by atoms with E-state index in [-0.39, 0.29) is 0 Å². The van der Waals surface area contributed by atoms with Crippen LogP contribution in [0.2, 0.25) is 0 Å². The van der Waals surface area contributed by atoms with Gasteiger partial charge in [0.25, 0.3) is 0 Å². The Labute approximate surface area is 266 Å². The van der Waals surface area contributed by atoms with Gasteiger partial charge >= 0.3 is 0 Å². The molecule has 0 amide bonds. The molecule has 0 fully saturated rings. The van der Waals surface area contributed by atoms with Gasteiger partial charge in [-0.2, -0.15) is 0 Å². The van der Waals surface area contributed by atoms with Gasteiger partial charge in [0.15, 0.2) is 0 Å². The summed E-state index contributed by atoms with van der Waals surface area (Å²) in [6.45, 7) is 0. The molecule has 2 aromatic heterocycles. The lowest BCUT2D eigenvalue weighted by molar-refractivity contribution is 0.655. The maximum atomic E-state index is 6.24. The fourth-order valence-corrected chi connectivity index (χ4v) is 6.57. The summed E-state index contributed by atoms with van der Waals surface area (Å²) in [7, 11) is 0. The van der Waals surface area contributed by atoms with Gasteiger partial charge in [-0.1, -0.05) is 109 Å². The summed E-state index contributed by atoms with van der Waals surface area (Å²) in [5, 5.41) is 7.04. The Morgan fingerprint density at radius 2 is 1.02 bits per heavy atom. The van der Waals surface area contributed by atoms with Crippen molar-refractivity contribution in [3.05, 3.63) is 170 Å². The number of fused-ring (bicyclic) bond motifs is 6. The number of pyridine rings is 1.